The molecule has 0 saturated heterocycles. The van der Waals surface area contributed by atoms with E-state index in [1.54, 1.807) is 24.3 Å². The van der Waals surface area contributed by atoms with E-state index in [0.29, 0.717) is 16.4 Å². The zero-order valence-corrected chi connectivity index (χ0v) is 17.3. The van der Waals surface area contributed by atoms with Crippen molar-refractivity contribution < 1.29 is 9.59 Å². The van der Waals surface area contributed by atoms with Crippen molar-refractivity contribution in [1.82, 2.24) is 10.2 Å². The SMILES string of the molecule is CC(C)C(=O)Nc1ccc(C(=O)Nc2nnc(CCCc3ccccc3)s2)cc1. The summed E-state index contributed by atoms with van der Waals surface area (Å²) >= 11 is 1.39. The highest BCUT2D eigenvalue weighted by Gasteiger charge is 2.11. The number of aromatic nitrogens is 2. The van der Waals surface area contributed by atoms with E-state index in [2.05, 4.69) is 33.0 Å². The monoisotopic (exact) mass is 408 g/mol. The molecule has 0 saturated carbocycles. The Kier molecular flexibility index (Phi) is 7.08. The van der Waals surface area contributed by atoms with E-state index < -0.39 is 0 Å². The normalized spacial score (nSPS) is 10.7. The summed E-state index contributed by atoms with van der Waals surface area (Å²) in [7, 11) is 0. The van der Waals surface area contributed by atoms with Crippen molar-refractivity contribution in [3.63, 3.8) is 0 Å². The molecule has 2 amide bonds. The Bertz CT molecular complexity index is 952. The summed E-state index contributed by atoms with van der Waals surface area (Å²) in [6.45, 7) is 3.66. The number of carbonyl (C=O) groups is 2. The maximum Gasteiger partial charge on any atom is 0.257 e. The topological polar surface area (TPSA) is 84.0 Å². The molecule has 3 aromatic rings. The van der Waals surface area contributed by atoms with E-state index in [9.17, 15) is 9.59 Å². The number of benzene rings is 2. The predicted molar refractivity (Wildman–Crippen MR) is 116 cm³/mol. The van der Waals surface area contributed by atoms with Crippen LogP contribution in [0, 0.1) is 5.92 Å². The van der Waals surface area contributed by atoms with Crippen LogP contribution in [0.15, 0.2) is 54.6 Å². The zero-order valence-electron chi connectivity index (χ0n) is 16.5. The van der Waals surface area contributed by atoms with Crippen LogP contribution < -0.4 is 10.6 Å². The quantitative estimate of drug-likeness (QED) is 0.572. The molecule has 2 aromatic carbocycles. The Balaban J connectivity index is 1.50. The average molecular weight is 409 g/mol. The van der Waals surface area contributed by atoms with Gasteiger partial charge in [-0.25, -0.2) is 0 Å². The highest BCUT2D eigenvalue weighted by Crippen LogP contribution is 2.19. The molecule has 1 aromatic heterocycles. The fourth-order valence-corrected chi connectivity index (χ4v) is 3.43. The lowest BCUT2D eigenvalue weighted by Gasteiger charge is -2.08. The summed E-state index contributed by atoms with van der Waals surface area (Å²) in [5.74, 6) is -0.410. The van der Waals surface area contributed by atoms with Gasteiger partial charge in [-0.1, -0.05) is 55.5 Å². The van der Waals surface area contributed by atoms with Gasteiger partial charge in [0.25, 0.3) is 5.91 Å². The maximum atomic E-state index is 12.4. The molecule has 0 spiro atoms. The van der Waals surface area contributed by atoms with Crippen LogP contribution in [0.5, 0.6) is 0 Å². The van der Waals surface area contributed by atoms with Gasteiger partial charge in [0.05, 0.1) is 0 Å². The smallest absolute Gasteiger partial charge is 0.257 e. The summed E-state index contributed by atoms with van der Waals surface area (Å²) in [5, 5.41) is 15.2. The highest BCUT2D eigenvalue weighted by atomic mass is 32.1. The molecule has 2 N–H and O–H groups in total. The molecule has 6 nitrogen and oxygen atoms in total. The maximum absolute atomic E-state index is 12.4. The molecule has 29 heavy (non-hydrogen) atoms. The number of aryl methyl sites for hydroxylation is 2. The third-order valence-electron chi connectivity index (χ3n) is 4.33. The van der Waals surface area contributed by atoms with Crippen molar-refractivity contribution in [1.29, 1.82) is 0 Å². The third kappa shape index (κ3) is 6.22. The second-order valence-corrected chi connectivity index (χ2v) is 8.08. The number of carbonyl (C=O) groups excluding carboxylic acids is 2. The number of nitrogens with one attached hydrogen (secondary N) is 2. The molecule has 0 aliphatic rings. The first-order valence-electron chi connectivity index (χ1n) is 9.60. The lowest BCUT2D eigenvalue weighted by atomic mass is 10.1. The van der Waals surface area contributed by atoms with Gasteiger partial charge in [-0.15, -0.1) is 10.2 Å². The van der Waals surface area contributed by atoms with Crippen molar-refractivity contribution in [2.24, 2.45) is 5.92 Å². The van der Waals surface area contributed by atoms with Gasteiger partial charge < -0.3 is 5.32 Å². The van der Waals surface area contributed by atoms with Gasteiger partial charge in [0.2, 0.25) is 11.0 Å². The fourth-order valence-electron chi connectivity index (χ4n) is 2.65. The van der Waals surface area contributed by atoms with Crippen molar-refractivity contribution in [3.05, 3.63) is 70.7 Å². The highest BCUT2D eigenvalue weighted by molar-refractivity contribution is 7.15. The van der Waals surface area contributed by atoms with Crippen LogP contribution in [0.1, 0.15) is 41.2 Å². The summed E-state index contributed by atoms with van der Waals surface area (Å²) in [4.78, 5) is 24.1. The molecule has 0 atom stereocenters. The minimum atomic E-state index is -0.251. The predicted octanol–water partition coefficient (Wildman–Crippen LogP) is 4.56. The van der Waals surface area contributed by atoms with Crippen LogP contribution in [-0.4, -0.2) is 22.0 Å². The van der Waals surface area contributed by atoms with Gasteiger partial charge in [-0.2, -0.15) is 0 Å². The Labute approximate surface area is 174 Å². The standard InChI is InChI=1S/C22H24N4O2S/c1-15(2)20(27)23-18-13-11-17(12-14-18)21(28)24-22-26-25-19(29-22)10-6-9-16-7-4-3-5-8-16/h3-5,7-8,11-15H,6,9-10H2,1-2H3,(H,23,27)(H,24,26,28). The van der Waals surface area contributed by atoms with Crippen LogP contribution in [0.25, 0.3) is 0 Å². The average Bonchev–Trinajstić information content (AvgIpc) is 3.16. The number of hydrogen-bond acceptors (Lipinski definition) is 5. The molecular formula is C22H24N4O2S. The first-order valence-corrected chi connectivity index (χ1v) is 10.4. The van der Waals surface area contributed by atoms with Crippen LogP contribution in [0.3, 0.4) is 0 Å². The largest absolute Gasteiger partial charge is 0.326 e. The van der Waals surface area contributed by atoms with E-state index >= 15 is 0 Å². The van der Waals surface area contributed by atoms with Crippen molar-refractivity contribution >= 4 is 34.0 Å². The fraction of sp³-hybridized carbons (Fsp3) is 0.273. The molecule has 0 unspecified atom stereocenters. The molecule has 0 bridgehead atoms. The second kappa shape index (κ2) is 9.93. The molecule has 0 radical (unpaired) electrons. The summed E-state index contributed by atoms with van der Waals surface area (Å²) in [6, 6.07) is 17.1. The third-order valence-corrected chi connectivity index (χ3v) is 5.22. The van der Waals surface area contributed by atoms with Gasteiger partial charge in [-0.05, 0) is 42.7 Å². The Morgan fingerprint density at radius 3 is 2.34 bits per heavy atom. The van der Waals surface area contributed by atoms with E-state index in [0.717, 1.165) is 24.3 Å². The summed E-state index contributed by atoms with van der Waals surface area (Å²) in [5.41, 5.74) is 2.46. The van der Waals surface area contributed by atoms with E-state index in [1.807, 2.05) is 32.0 Å². The number of rotatable bonds is 8. The van der Waals surface area contributed by atoms with E-state index in [1.165, 1.54) is 16.9 Å². The molecule has 0 aliphatic heterocycles. The van der Waals surface area contributed by atoms with Crippen LogP contribution in [-0.2, 0) is 17.6 Å². The minimum absolute atomic E-state index is 0.0594. The van der Waals surface area contributed by atoms with E-state index in [4.69, 9.17) is 0 Å². The first-order chi connectivity index (χ1) is 14.0. The number of nitrogens with zero attached hydrogens (tertiary/aromatic N) is 2. The molecule has 0 aliphatic carbocycles. The van der Waals surface area contributed by atoms with E-state index in [-0.39, 0.29) is 17.7 Å². The van der Waals surface area contributed by atoms with Gasteiger partial charge in [0.15, 0.2) is 0 Å². The minimum Gasteiger partial charge on any atom is -0.326 e. The lowest BCUT2D eigenvalue weighted by Crippen LogP contribution is -2.18. The zero-order chi connectivity index (χ0) is 20.6. The number of anilines is 2. The first kappa shape index (κ1) is 20.7. The Hall–Kier alpha value is -3.06. The second-order valence-electron chi connectivity index (χ2n) is 7.02. The van der Waals surface area contributed by atoms with Gasteiger partial charge >= 0.3 is 0 Å². The van der Waals surface area contributed by atoms with Gasteiger partial charge in [0, 0.05) is 23.6 Å². The van der Waals surface area contributed by atoms with Gasteiger partial charge in [0.1, 0.15) is 5.01 Å². The van der Waals surface area contributed by atoms with Crippen LogP contribution >= 0.6 is 11.3 Å². The molecule has 1 heterocycles. The van der Waals surface area contributed by atoms with Gasteiger partial charge in [-0.3, -0.25) is 14.9 Å². The molecular weight excluding hydrogens is 384 g/mol. The summed E-state index contributed by atoms with van der Waals surface area (Å²) < 4.78 is 0. The van der Waals surface area contributed by atoms with Crippen molar-refractivity contribution in [2.75, 3.05) is 10.6 Å². The molecule has 7 heteroatoms. The van der Waals surface area contributed by atoms with Crippen LogP contribution in [0.4, 0.5) is 10.8 Å². The number of amides is 2. The van der Waals surface area contributed by atoms with Crippen LogP contribution in [0.2, 0.25) is 0 Å². The molecule has 3 rings (SSSR count). The molecule has 0 fully saturated rings. The summed E-state index contributed by atoms with van der Waals surface area (Å²) in [6.07, 6.45) is 2.80. The van der Waals surface area contributed by atoms with Crippen molar-refractivity contribution in [2.45, 2.75) is 33.1 Å². The lowest BCUT2D eigenvalue weighted by molar-refractivity contribution is -0.118. The Morgan fingerprint density at radius 2 is 1.66 bits per heavy atom. The van der Waals surface area contributed by atoms with Crippen molar-refractivity contribution in [3.8, 4) is 0 Å². The molecule has 150 valence electrons. The Morgan fingerprint density at radius 1 is 0.931 bits per heavy atom. The number of hydrogen-bond donors (Lipinski definition) is 2.